The molecule has 1 aromatic heterocycles. The highest BCUT2D eigenvalue weighted by atomic mass is 16.5. The maximum atomic E-state index is 12.5. The average Bonchev–Trinajstić information content (AvgIpc) is 2.92. The van der Waals surface area contributed by atoms with Crippen molar-refractivity contribution in [2.45, 2.75) is 13.0 Å². The van der Waals surface area contributed by atoms with Gasteiger partial charge in [-0.1, -0.05) is 12.1 Å². The Morgan fingerprint density at radius 3 is 2.91 bits per heavy atom. The van der Waals surface area contributed by atoms with Crippen LogP contribution in [0.15, 0.2) is 36.7 Å². The van der Waals surface area contributed by atoms with Gasteiger partial charge in [0.2, 0.25) is 5.91 Å². The number of aromatic nitrogens is 2. The molecule has 1 N–H and O–H groups in total. The Hall–Kier alpha value is -2.34. The van der Waals surface area contributed by atoms with Gasteiger partial charge in [0.25, 0.3) is 0 Å². The number of aryl methyl sites for hydroxylation is 1. The third-order valence-corrected chi connectivity index (χ3v) is 3.47. The van der Waals surface area contributed by atoms with Crippen LogP contribution in [0.3, 0.4) is 0 Å². The lowest BCUT2D eigenvalue weighted by Crippen LogP contribution is -2.35. The van der Waals surface area contributed by atoms with E-state index >= 15 is 0 Å². The van der Waals surface area contributed by atoms with Gasteiger partial charge in [0, 0.05) is 26.0 Å². The van der Waals surface area contributed by atoms with E-state index in [2.05, 4.69) is 4.98 Å². The van der Waals surface area contributed by atoms with Gasteiger partial charge in [-0.05, 0) is 17.7 Å². The molecule has 0 atom stereocenters. The molecule has 0 unspecified atom stereocenters. The second kappa shape index (κ2) is 7.61. The number of hydrogen-bond acceptors (Lipinski definition) is 4. The maximum absolute atomic E-state index is 12.5. The number of nitrogens with zero attached hydrogens (tertiary/aromatic N) is 3. The van der Waals surface area contributed by atoms with E-state index in [-0.39, 0.29) is 25.5 Å². The number of carbonyl (C=O) groups excluding carboxylic acids is 1. The molecule has 1 amide bonds. The van der Waals surface area contributed by atoms with Gasteiger partial charge in [-0.3, -0.25) is 4.79 Å². The number of rotatable bonds is 7. The minimum absolute atomic E-state index is 0.0506. The van der Waals surface area contributed by atoms with Crippen LogP contribution in [0.1, 0.15) is 11.4 Å². The van der Waals surface area contributed by atoms with E-state index in [1.807, 2.05) is 42.1 Å². The molecule has 118 valence electrons. The van der Waals surface area contributed by atoms with Gasteiger partial charge in [-0.25, -0.2) is 4.98 Å². The fourth-order valence-electron chi connectivity index (χ4n) is 2.20. The molecule has 22 heavy (non-hydrogen) atoms. The fraction of sp³-hybridized carbons (Fsp3) is 0.375. The minimum Gasteiger partial charge on any atom is -0.497 e. The molecule has 0 bridgehead atoms. The van der Waals surface area contributed by atoms with Crippen LogP contribution in [-0.4, -0.2) is 45.7 Å². The highest BCUT2D eigenvalue weighted by Crippen LogP contribution is 2.14. The van der Waals surface area contributed by atoms with Gasteiger partial charge in [0.1, 0.15) is 11.6 Å². The van der Waals surface area contributed by atoms with Crippen LogP contribution in [0.2, 0.25) is 0 Å². The van der Waals surface area contributed by atoms with Crippen LogP contribution in [0.4, 0.5) is 0 Å². The Kier molecular flexibility index (Phi) is 5.55. The van der Waals surface area contributed by atoms with E-state index in [9.17, 15) is 9.90 Å². The first-order chi connectivity index (χ1) is 10.6. The summed E-state index contributed by atoms with van der Waals surface area (Å²) in [6.07, 6.45) is 3.79. The molecule has 1 heterocycles. The SMILES string of the molecule is COc1cccc(CC(=O)N(CCO)Cc2nccn2C)c1. The third-order valence-electron chi connectivity index (χ3n) is 3.47. The fourth-order valence-corrected chi connectivity index (χ4v) is 2.20. The summed E-state index contributed by atoms with van der Waals surface area (Å²) in [6.45, 7) is 0.594. The molecule has 0 saturated heterocycles. The second-order valence-electron chi connectivity index (χ2n) is 5.02. The molecule has 0 aliphatic carbocycles. The van der Waals surface area contributed by atoms with E-state index in [0.29, 0.717) is 6.54 Å². The number of aliphatic hydroxyl groups is 1. The maximum Gasteiger partial charge on any atom is 0.227 e. The van der Waals surface area contributed by atoms with E-state index < -0.39 is 0 Å². The van der Waals surface area contributed by atoms with Crippen LogP contribution in [0.5, 0.6) is 5.75 Å². The average molecular weight is 303 g/mol. The summed E-state index contributed by atoms with van der Waals surface area (Å²) in [5, 5.41) is 9.19. The Balaban J connectivity index is 2.07. The molecule has 6 nitrogen and oxygen atoms in total. The first kappa shape index (κ1) is 16.0. The summed E-state index contributed by atoms with van der Waals surface area (Å²) >= 11 is 0. The smallest absolute Gasteiger partial charge is 0.227 e. The largest absolute Gasteiger partial charge is 0.497 e. The predicted octanol–water partition coefficient (Wildman–Crippen LogP) is 0.992. The third kappa shape index (κ3) is 4.08. The highest BCUT2D eigenvalue weighted by molar-refractivity contribution is 5.78. The van der Waals surface area contributed by atoms with Crippen molar-refractivity contribution in [3.8, 4) is 5.75 Å². The standard InChI is InChI=1S/C16H21N3O3/c1-18-7-6-17-15(18)12-19(8-9-20)16(21)11-13-4-3-5-14(10-13)22-2/h3-7,10,20H,8-9,11-12H2,1-2H3. The molecular weight excluding hydrogens is 282 g/mol. The monoisotopic (exact) mass is 303 g/mol. The quantitative estimate of drug-likeness (QED) is 0.828. The summed E-state index contributed by atoms with van der Waals surface area (Å²) in [6, 6.07) is 7.43. The summed E-state index contributed by atoms with van der Waals surface area (Å²) in [5.74, 6) is 1.46. The van der Waals surface area contributed by atoms with Crippen LogP contribution >= 0.6 is 0 Å². The summed E-state index contributed by atoms with van der Waals surface area (Å²) in [4.78, 5) is 18.3. The molecule has 0 saturated carbocycles. The molecule has 0 fully saturated rings. The number of imidazole rings is 1. The number of benzene rings is 1. The van der Waals surface area contributed by atoms with Crippen LogP contribution < -0.4 is 4.74 Å². The van der Waals surface area contributed by atoms with Crippen molar-refractivity contribution >= 4 is 5.91 Å². The molecule has 0 aliphatic rings. The summed E-state index contributed by atoms with van der Waals surface area (Å²) < 4.78 is 7.03. The van der Waals surface area contributed by atoms with Gasteiger partial charge in [-0.15, -0.1) is 0 Å². The van der Waals surface area contributed by atoms with Crippen molar-refractivity contribution in [3.63, 3.8) is 0 Å². The lowest BCUT2D eigenvalue weighted by molar-refractivity contribution is -0.131. The molecule has 0 radical (unpaired) electrons. The van der Waals surface area contributed by atoms with Crippen LogP contribution in [-0.2, 0) is 24.8 Å². The highest BCUT2D eigenvalue weighted by Gasteiger charge is 2.16. The summed E-state index contributed by atoms with van der Waals surface area (Å²) in [7, 11) is 3.48. The normalized spacial score (nSPS) is 10.5. The van der Waals surface area contributed by atoms with Gasteiger partial charge in [0.15, 0.2) is 0 Å². The molecule has 2 rings (SSSR count). The Labute approximate surface area is 130 Å². The number of ether oxygens (including phenoxy) is 1. The van der Waals surface area contributed by atoms with Gasteiger partial charge < -0.3 is 19.3 Å². The lowest BCUT2D eigenvalue weighted by Gasteiger charge is -2.21. The summed E-state index contributed by atoms with van der Waals surface area (Å²) in [5.41, 5.74) is 0.882. The van der Waals surface area contributed by atoms with E-state index in [1.54, 1.807) is 18.2 Å². The topological polar surface area (TPSA) is 67.6 Å². The molecule has 6 heteroatoms. The van der Waals surface area contributed by atoms with Gasteiger partial charge in [-0.2, -0.15) is 0 Å². The molecular formula is C16H21N3O3. The van der Waals surface area contributed by atoms with E-state index in [1.165, 1.54) is 0 Å². The van der Waals surface area contributed by atoms with Crippen molar-refractivity contribution < 1.29 is 14.6 Å². The van der Waals surface area contributed by atoms with Crippen molar-refractivity contribution in [3.05, 3.63) is 48.0 Å². The Morgan fingerprint density at radius 2 is 2.27 bits per heavy atom. The van der Waals surface area contributed by atoms with Crippen molar-refractivity contribution in [1.82, 2.24) is 14.5 Å². The van der Waals surface area contributed by atoms with Crippen molar-refractivity contribution in [2.75, 3.05) is 20.3 Å². The minimum atomic E-state index is -0.0751. The van der Waals surface area contributed by atoms with E-state index in [4.69, 9.17) is 4.74 Å². The zero-order valence-electron chi connectivity index (χ0n) is 12.9. The van der Waals surface area contributed by atoms with Gasteiger partial charge >= 0.3 is 0 Å². The van der Waals surface area contributed by atoms with Crippen LogP contribution in [0, 0.1) is 0 Å². The first-order valence-corrected chi connectivity index (χ1v) is 7.11. The molecule has 1 aromatic carbocycles. The second-order valence-corrected chi connectivity index (χ2v) is 5.02. The number of methoxy groups -OCH3 is 1. The molecule has 0 aliphatic heterocycles. The van der Waals surface area contributed by atoms with Crippen molar-refractivity contribution in [2.24, 2.45) is 7.05 Å². The van der Waals surface area contributed by atoms with Crippen LogP contribution in [0.25, 0.3) is 0 Å². The zero-order valence-corrected chi connectivity index (χ0v) is 12.9. The Bertz CT molecular complexity index is 625. The molecule has 0 spiro atoms. The number of hydrogen-bond donors (Lipinski definition) is 1. The zero-order chi connectivity index (χ0) is 15.9. The molecule has 2 aromatic rings. The van der Waals surface area contributed by atoms with Crippen molar-refractivity contribution in [1.29, 1.82) is 0 Å². The predicted molar refractivity (Wildman–Crippen MR) is 82.4 cm³/mol. The van der Waals surface area contributed by atoms with E-state index in [0.717, 1.165) is 17.1 Å². The first-order valence-electron chi connectivity index (χ1n) is 7.11. The van der Waals surface area contributed by atoms with Gasteiger partial charge in [0.05, 0.1) is 26.7 Å². The number of amides is 1. The Morgan fingerprint density at radius 1 is 1.45 bits per heavy atom. The number of aliphatic hydroxyl groups excluding tert-OH is 1. The lowest BCUT2D eigenvalue weighted by atomic mass is 10.1. The number of carbonyl (C=O) groups is 1.